The van der Waals surface area contributed by atoms with Gasteiger partial charge in [-0.1, -0.05) is 11.6 Å². The van der Waals surface area contributed by atoms with Gasteiger partial charge in [0.05, 0.1) is 12.1 Å². The summed E-state index contributed by atoms with van der Waals surface area (Å²) in [5, 5.41) is 3.90. The first kappa shape index (κ1) is 11.2. The van der Waals surface area contributed by atoms with Crippen LogP contribution in [0.2, 0.25) is 5.02 Å². The van der Waals surface area contributed by atoms with Crippen LogP contribution in [0.15, 0.2) is 18.2 Å². The quantitative estimate of drug-likeness (QED) is 0.896. The number of halogens is 1. The van der Waals surface area contributed by atoms with Crippen LogP contribution in [0.1, 0.15) is 9.67 Å². The van der Waals surface area contributed by atoms with E-state index in [4.69, 9.17) is 16.3 Å². The second-order valence-electron chi connectivity index (χ2n) is 3.19. The van der Waals surface area contributed by atoms with Crippen LogP contribution in [0.5, 0.6) is 5.75 Å². The number of rotatable bonds is 2. The predicted octanol–water partition coefficient (Wildman–Crippen LogP) is 2.92. The van der Waals surface area contributed by atoms with Gasteiger partial charge in [0.15, 0.2) is 0 Å². The third-order valence-electron chi connectivity index (χ3n) is 2.27. The highest BCUT2D eigenvalue weighted by molar-refractivity contribution is 7.21. The third-order valence-corrected chi connectivity index (χ3v) is 3.94. The summed E-state index contributed by atoms with van der Waals surface area (Å²) in [4.78, 5) is 12.1. The van der Waals surface area contributed by atoms with E-state index in [9.17, 15) is 4.79 Å². The van der Waals surface area contributed by atoms with Crippen molar-refractivity contribution in [2.75, 3.05) is 14.2 Å². The maximum absolute atomic E-state index is 11.5. The van der Waals surface area contributed by atoms with Crippen LogP contribution in [0.25, 0.3) is 10.1 Å². The zero-order valence-corrected chi connectivity index (χ0v) is 10.4. The Kier molecular flexibility index (Phi) is 3.03. The van der Waals surface area contributed by atoms with Crippen LogP contribution in [-0.4, -0.2) is 20.1 Å². The maximum atomic E-state index is 11.5. The molecule has 0 aliphatic carbocycles. The van der Waals surface area contributed by atoms with Crippen molar-refractivity contribution in [3.05, 3.63) is 28.1 Å². The van der Waals surface area contributed by atoms with Crippen molar-refractivity contribution in [1.82, 2.24) is 5.32 Å². The summed E-state index contributed by atoms with van der Waals surface area (Å²) in [7, 11) is 3.19. The topological polar surface area (TPSA) is 38.3 Å². The summed E-state index contributed by atoms with van der Waals surface area (Å²) in [6.45, 7) is 0. The van der Waals surface area contributed by atoms with Crippen LogP contribution >= 0.6 is 22.9 Å². The molecule has 0 bridgehead atoms. The molecule has 1 amide bonds. The third kappa shape index (κ3) is 1.74. The highest BCUT2D eigenvalue weighted by Gasteiger charge is 2.16. The summed E-state index contributed by atoms with van der Waals surface area (Å²) >= 11 is 7.53. The van der Waals surface area contributed by atoms with E-state index in [-0.39, 0.29) is 5.91 Å². The van der Waals surface area contributed by atoms with Crippen molar-refractivity contribution >= 4 is 38.9 Å². The average molecular weight is 256 g/mol. The molecule has 3 nitrogen and oxygen atoms in total. The summed E-state index contributed by atoms with van der Waals surface area (Å²) in [5.74, 6) is 0.570. The van der Waals surface area contributed by atoms with Gasteiger partial charge in [-0.3, -0.25) is 4.79 Å². The largest absolute Gasteiger partial charge is 0.497 e. The van der Waals surface area contributed by atoms with E-state index in [1.165, 1.54) is 11.3 Å². The second-order valence-corrected chi connectivity index (χ2v) is 4.62. The van der Waals surface area contributed by atoms with E-state index < -0.39 is 0 Å². The number of amides is 1. The lowest BCUT2D eigenvalue weighted by molar-refractivity contribution is 0.0967. The highest BCUT2D eigenvalue weighted by atomic mass is 35.5. The first-order valence-electron chi connectivity index (χ1n) is 4.65. The van der Waals surface area contributed by atoms with E-state index in [2.05, 4.69) is 5.32 Å². The number of hydrogen-bond acceptors (Lipinski definition) is 3. The monoisotopic (exact) mass is 255 g/mol. The lowest BCUT2D eigenvalue weighted by Crippen LogP contribution is -2.16. The predicted molar refractivity (Wildman–Crippen MR) is 66.8 cm³/mol. The maximum Gasteiger partial charge on any atom is 0.262 e. The minimum absolute atomic E-state index is 0.162. The van der Waals surface area contributed by atoms with Crippen LogP contribution in [0.4, 0.5) is 0 Å². The van der Waals surface area contributed by atoms with Crippen molar-refractivity contribution in [3.8, 4) is 5.75 Å². The van der Waals surface area contributed by atoms with E-state index >= 15 is 0 Å². The van der Waals surface area contributed by atoms with Gasteiger partial charge in [-0.2, -0.15) is 0 Å². The van der Waals surface area contributed by atoms with Crippen molar-refractivity contribution in [2.45, 2.75) is 0 Å². The molecule has 1 heterocycles. The molecule has 16 heavy (non-hydrogen) atoms. The summed E-state index contributed by atoms with van der Waals surface area (Å²) in [6, 6.07) is 5.58. The number of fused-ring (bicyclic) bond motifs is 1. The lowest BCUT2D eigenvalue weighted by Gasteiger charge is -1.98. The molecule has 0 radical (unpaired) electrons. The van der Waals surface area contributed by atoms with Crippen molar-refractivity contribution in [1.29, 1.82) is 0 Å². The molecule has 2 aromatic rings. The van der Waals surface area contributed by atoms with E-state index in [1.54, 1.807) is 14.2 Å². The fraction of sp³-hybridized carbons (Fsp3) is 0.182. The van der Waals surface area contributed by atoms with Gasteiger partial charge in [-0.15, -0.1) is 11.3 Å². The molecule has 1 N–H and O–H groups in total. The van der Waals surface area contributed by atoms with Gasteiger partial charge in [0, 0.05) is 17.1 Å². The van der Waals surface area contributed by atoms with E-state index in [1.807, 2.05) is 18.2 Å². The Hall–Kier alpha value is -1.26. The van der Waals surface area contributed by atoms with E-state index in [0.29, 0.717) is 9.90 Å². The zero-order chi connectivity index (χ0) is 11.7. The Labute approximate surface area is 102 Å². The number of thiophene rings is 1. The molecule has 0 unspecified atom stereocenters. The molecule has 84 valence electrons. The van der Waals surface area contributed by atoms with Crippen molar-refractivity contribution in [3.63, 3.8) is 0 Å². The number of nitrogens with one attached hydrogen (secondary N) is 1. The lowest BCUT2D eigenvalue weighted by atomic mass is 10.2. The van der Waals surface area contributed by atoms with Crippen LogP contribution in [0, 0.1) is 0 Å². The fourth-order valence-electron chi connectivity index (χ4n) is 1.43. The molecule has 0 atom stereocenters. The fourth-order valence-corrected chi connectivity index (χ4v) is 2.87. The normalized spacial score (nSPS) is 10.4. The number of carbonyl (C=O) groups is 1. The number of benzene rings is 1. The summed E-state index contributed by atoms with van der Waals surface area (Å²) < 4.78 is 6.10. The van der Waals surface area contributed by atoms with Crippen molar-refractivity contribution < 1.29 is 9.53 Å². The van der Waals surface area contributed by atoms with Gasteiger partial charge < -0.3 is 10.1 Å². The van der Waals surface area contributed by atoms with E-state index in [0.717, 1.165) is 15.8 Å². The van der Waals surface area contributed by atoms with Gasteiger partial charge in [0.1, 0.15) is 10.6 Å². The van der Waals surface area contributed by atoms with Gasteiger partial charge in [0.25, 0.3) is 5.91 Å². The molecule has 0 saturated heterocycles. The molecule has 1 aromatic heterocycles. The molecular weight excluding hydrogens is 246 g/mol. The van der Waals surface area contributed by atoms with Crippen LogP contribution in [-0.2, 0) is 0 Å². The zero-order valence-electron chi connectivity index (χ0n) is 8.83. The number of carbonyl (C=O) groups excluding carboxylic acids is 1. The second kappa shape index (κ2) is 4.31. The number of ether oxygens (including phenoxy) is 1. The van der Waals surface area contributed by atoms with Gasteiger partial charge in [-0.05, 0) is 18.2 Å². The Morgan fingerprint density at radius 2 is 2.25 bits per heavy atom. The molecule has 0 aliphatic heterocycles. The molecule has 0 fully saturated rings. The van der Waals surface area contributed by atoms with Gasteiger partial charge in [0.2, 0.25) is 0 Å². The summed E-state index contributed by atoms with van der Waals surface area (Å²) in [5.41, 5.74) is 0. The molecule has 1 aromatic carbocycles. The average Bonchev–Trinajstić information content (AvgIpc) is 2.65. The first-order chi connectivity index (χ1) is 7.67. The molecule has 2 rings (SSSR count). The van der Waals surface area contributed by atoms with Crippen molar-refractivity contribution in [2.24, 2.45) is 0 Å². The Balaban J connectivity index is 2.64. The first-order valence-corrected chi connectivity index (χ1v) is 5.85. The molecule has 0 saturated carbocycles. The standard InChI is InChI=1S/C11H10ClNO2S/c1-13-11(14)10-9(12)7-5-6(15-2)3-4-8(7)16-10/h3-5H,1-2H3,(H,13,14). The number of hydrogen-bond donors (Lipinski definition) is 1. The van der Waals surface area contributed by atoms with Gasteiger partial charge in [-0.25, -0.2) is 0 Å². The minimum Gasteiger partial charge on any atom is -0.497 e. The number of methoxy groups -OCH3 is 1. The Morgan fingerprint density at radius 3 is 2.88 bits per heavy atom. The van der Waals surface area contributed by atoms with Crippen LogP contribution in [0.3, 0.4) is 0 Å². The smallest absolute Gasteiger partial charge is 0.262 e. The highest BCUT2D eigenvalue weighted by Crippen LogP contribution is 2.37. The van der Waals surface area contributed by atoms with Crippen LogP contribution < -0.4 is 10.1 Å². The minimum atomic E-state index is -0.162. The summed E-state index contributed by atoms with van der Waals surface area (Å²) in [6.07, 6.45) is 0. The molecule has 5 heteroatoms. The molecular formula is C11H10ClNO2S. The Morgan fingerprint density at radius 1 is 1.50 bits per heavy atom. The Bertz CT molecular complexity index is 550. The molecule has 0 aliphatic rings. The SMILES string of the molecule is CNC(=O)c1sc2ccc(OC)cc2c1Cl. The van der Waals surface area contributed by atoms with Gasteiger partial charge >= 0.3 is 0 Å². The molecule has 0 spiro atoms.